The number of nitrogens with one attached hydrogen (secondary N) is 1. The minimum atomic E-state index is -4.12. The number of benzene rings is 1. The van der Waals surface area contributed by atoms with Crippen LogP contribution in [0, 0.1) is 5.92 Å². The molecule has 25 heavy (non-hydrogen) atoms. The molecule has 1 aromatic rings. The van der Waals surface area contributed by atoms with Crippen LogP contribution in [0.15, 0.2) is 33.7 Å². The smallest absolute Gasteiger partial charge is 0.356 e. The second-order valence-corrected chi connectivity index (χ2v) is 7.23. The minimum Gasteiger partial charge on any atom is -0.356 e. The molecular weight excluding hydrogens is 397 g/mol. The number of aliphatic imine (C=N–C) groups is 1. The molecule has 140 valence electrons. The van der Waals surface area contributed by atoms with Crippen molar-refractivity contribution >= 4 is 21.9 Å². The first-order valence-electron chi connectivity index (χ1n) is 8.23. The van der Waals surface area contributed by atoms with Crippen LogP contribution in [-0.4, -0.2) is 62.2 Å². The van der Waals surface area contributed by atoms with Crippen molar-refractivity contribution < 1.29 is 13.2 Å². The number of likely N-dealkylation sites (tertiary alicyclic amines) is 1. The third kappa shape index (κ3) is 6.51. The predicted molar refractivity (Wildman–Crippen MR) is 97.6 cm³/mol. The van der Waals surface area contributed by atoms with Gasteiger partial charge in [0.15, 0.2) is 5.96 Å². The average Bonchev–Trinajstić information content (AvgIpc) is 2.95. The molecule has 0 radical (unpaired) electrons. The largest absolute Gasteiger partial charge is 0.401 e. The maximum Gasteiger partial charge on any atom is 0.401 e. The predicted octanol–water partition coefficient (Wildman–Crippen LogP) is 3.34. The number of hydrogen-bond donors (Lipinski definition) is 1. The number of nitrogens with zero attached hydrogens (tertiary/aromatic N) is 3. The Morgan fingerprint density at radius 3 is 2.76 bits per heavy atom. The van der Waals surface area contributed by atoms with Crippen molar-refractivity contribution in [3.05, 3.63) is 34.3 Å². The quantitative estimate of drug-likeness (QED) is 0.585. The Labute approximate surface area is 155 Å². The molecule has 1 heterocycles. The molecule has 1 atom stereocenters. The molecule has 1 fully saturated rings. The molecule has 2 rings (SSSR count). The van der Waals surface area contributed by atoms with Crippen LogP contribution < -0.4 is 5.32 Å². The Kier molecular flexibility index (Phi) is 7.13. The fraction of sp³-hybridized carbons (Fsp3) is 0.588. The summed E-state index contributed by atoms with van der Waals surface area (Å²) < 4.78 is 38.4. The van der Waals surface area contributed by atoms with Crippen LogP contribution in [0.4, 0.5) is 13.2 Å². The van der Waals surface area contributed by atoms with Crippen LogP contribution in [0.3, 0.4) is 0 Å². The molecule has 8 heteroatoms. The van der Waals surface area contributed by atoms with Gasteiger partial charge in [-0.15, -0.1) is 0 Å². The average molecular weight is 421 g/mol. The van der Waals surface area contributed by atoms with Crippen molar-refractivity contribution in [3.63, 3.8) is 0 Å². The molecular formula is C17H24BrF3N4. The van der Waals surface area contributed by atoms with Crippen molar-refractivity contribution in [2.45, 2.75) is 19.1 Å². The van der Waals surface area contributed by atoms with Crippen molar-refractivity contribution in [2.75, 3.05) is 40.3 Å². The van der Waals surface area contributed by atoms with Crippen LogP contribution in [0.2, 0.25) is 0 Å². The minimum absolute atomic E-state index is 0.205. The molecule has 1 unspecified atom stereocenters. The molecule has 1 aliphatic rings. The molecule has 1 N–H and O–H groups in total. The van der Waals surface area contributed by atoms with E-state index in [1.807, 2.05) is 36.2 Å². The number of guanidine groups is 1. The third-order valence-corrected chi connectivity index (χ3v) is 5.03. The van der Waals surface area contributed by atoms with E-state index in [-0.39, 0.29) is 5.92 Å². The summed E-state index contributed by atoms with van der Waals surface area (Å²) in [5.74, 6) is 0.945. The van der Waals surface area contributed by atoms with Gasteiger partial charge < -0.3 is 10.2 Å². The van der Waals surface area contributed by atoms with E-state index in [1.165, 1.54) is 4.90 Å². The molecule has 4 nitrogen and oxygen atoms in total. The van der Waals surface area contributed by atoms with Gasteiger partial charge in [0, 0.05) is 38.2 Å². The van der Waals surface area contributed by atoms with E-state index in [0.29, 0.717) is 26.2 Å². The molecule has 0 spiro atoms. The number of halogens is 4. The first-order chi connectivity index (χ1) is 11.8. The van der Waals surface area contributed by atoms with Crippen LogP contribution in [-0.2, 0) is 6.54 Å². The van der Waals surface area contributed by atoms with Gasteiger partial charge in [-0.1, -0.05) is 34.1 Å². The Morgan fingerprint density at radius 1 is 1.40 bits per heavy atom. The molecule has 1 aromatic carbocycles. The first kappa shape index (κ1) is 20.0. The second-order valence-electron chi connectivity index (χ2n) is 6.38. The van der Waals surface area contributed by atoms with Crippen LogP contribution in [0.1, 0.15) is 12.0 Å². The number of alkyl halides is 3. The van der Waals surface area contributed by atoms with Crippen molar-refractivity contribution in [3.8, 4) is 0 Å². The van der Waals surface area contributed by atoms with Gasteiger partial charge >= 0.3 is 6.18 Å². The molecule has 0 aliphatic carbocycles. The van der Waals surface area contributed by atoms with Crippen molar-refractivity contribution in [1.29, 1.82) is 0 Å². The van der Waals surface area contributed by atoms with Crippen LogP contribution in [0.25, 0.3) is 0 Å². The Balaban J connectivity index is 1.81. The van der Waals surface area contributed by atoms with Crippen LogP contribution in [0.5, 0.6) is 0 Å². The highest BCUT2D eigenvalue weighted by atomic mass is 79.9. The SMILES string of the molecule is CN=C(NCC1CCN(CC(F)(F)F)C1)N(C)Cc1ccccc1Br. The molecule has 1 aliphatic heterocycles. The summed E-state index contributed by atoms with van der Waals surface area (Å²) in [6, 6.07) is 7.98. The van der Waals surface area contributed by atoms with Crippen molar-refractivity contribution in [2.24, 2.45) is 10.9 Å². The lowest BCUT2D eigenvalue weighted by Gasteiger charge is -2.24. The lowest BCUT2D eigenvalue weighted by atomic mass is 10.1. The van der Waals surface area contributed by atoms with Gasteiger partial charge in [0.25, 0.3) is 0 Å². The fourth-order valence-electron chi connectivity index (χ4n) is 3.05. The first-order valence-corrected chi connectivity index (χ1v) is 9.02. The highest BCUT2D eigenvalue weighted by Gasteiger charge is 2.34. The standard InChI is InChI=1S/C17H24BrF3N4/c1-22-16(24(2)11-14-5-3-4-6-15(14)18)23-9-13-7-8-25(10-13)12-17(19,20)21/h3-6,13H,7-12H2,1-2H3,(H,22,23). The third-order valence-electron chi connectivity index (χ3n) is 4.26. The highest BCUT2D eigenvalue weighted by molar-refractivity contribution is 9.10. The number of rotatable bonds is 5. The summed E-state index contributed by atoms with van der Waals surface area (Å²) in [6.07, 6.45) is -3.35. The van der Waals surface area contributed by atoms with Gasteiger partial charge in [0.1, 0.15) is 0 Å². The van der Waals surface area contributed by atoms with E-state index >= 15 is 0 Å². The second kappa shape index (κ2) is 8.89. The lowest BCUT2D eigenvalue weighted by Crippen LogP contribution is -2.41. The van der Waals surface area contributed by atoms with Gasteiger partial charge in [-0.3, -0.25) is 9.89 Å². The Morgan fingerprint density at radius 2 is 2.12 bits per heavy atom. The molecule has 0 amide bonds. The van der Waals surface area contributed by atoms with E-state index in [4.69, 9.17) is 0 Å². The summed E-state index contributed by atoms with van der Waals surface area (Å²) in [7, 11) is 3.66. The van der Waals surface area contributed by atoms with Gasteiger partial charge in [-0.25, -0.2) is 0 Å². The maximum atomic E-state index is 12.5. The summed E-state index contributed by atoms with van der Waals surface area (Å²) >= 11 is 3.53. The molecule has 0 bridgehead atoms. The zero-order valence-electron chi connectivity index (χ0n) is 14.5. The zero-order chi connectivity index (χ0) is 18.4. The molecule has 0 aromatic heterocycles. The normalized spacial score (nSPS) is 19.3. The van der Waals surface area contributed by atoms with E-state index < -0.39 is 12.7 Å². The fourth-order valence-corrected chi connectivity index (χ4v) is 3.46. The van der Waals surface area contributed by atoms with Crippen molar-refractivity contribution in [1.82, 2.24) is 15.1 Å². The Bertz CT molecular complexity index is 592. The molecule has 1 saturated heterocycles. The van der Waals surface area contributed by atoms with E-state index in [0.717, 1.165) is 22.4 Å². The monoisotopic (exact) mass is 420 g/mol. The molecule has 0 saturated carbocycles. The van der Waals surface area contributed by atoms with Gasteiger partial charge in [-0.2, -0.15) is 13.2 Å². The van der Waals surface area contributed by atoms with E-state index in [1.54, 1.807) is 7.05 Å². The topological polar surface area (TPSA) is 30.9 Å². The lowest BCUT2D eigenvalue weighted by molar-refractivity contribution is -0.143. The summed E-state index contributed by atoms with van der Waals surface area (Å²) in [4.78, 5) is 7.75. The van der Waals surface area contributed by atoms with Gasteiger partial charge in [-0.05, 0) is 30.5 Å². The van der Waals surface area contributed by atoms with E-state index in [9.17, 15) is 13.2 Å². The Hall–Kier alpha value is -1.28. The van der Waals surface area contributed by atoms with Gasteiger partial charge in [0.2, 0.25) is 0 Å². The number of hydrogen-bond acceptors (Lipinski definition) is 2. The summed E-state index contributed by atoms with van der Waals surface area (Å²) in [5, 5.41) is 3.29. The van der Waals surface area contributed by atoms with Crippen LogP contribution >= 0.6 is 15.9 Å². The summed E-state index contributed by atoms with van der Waals surface area (Å²) in [5.41, 5.74) is 1.14. The highest BCUT2D eigenvalue weighted by Crippen LogP contribution is 2.22. The zero-order valence-corrected chi connectivity index (χ0v) is 16.1. The summed E-state index contributed by atoms with van der Waals surface area (Å²) in [6.45, 7) is 1.46. The van der Waals surface area contributed by atoms with E-state index in [2.05, 4.69) is 26.2 Å². The maximum absolute atomic E-state index is 12.5. The van der Waals surface area contributed by atoms with Gasteiger partial charge in [0.05, 0.1) is 6.54 Å².